The quantitative estimate of drug-likeness (QED) is 0.607. The molecule has 0 saturated heterocycles. The largest absolute Gasteiger partial charge is 0.272 e. The van der Waals surface area contributed by atoms with Crippen molar-refractivity contribution in [1.82, 2.24) is 0 Å². The molecule has 0 aromatic heterocycles. The van der Waals surface area contributed by atoms with Crippen molar-refractivity contribution in [2.75, 3.05) is 5.01 Å². The van der Waals surface area contributed by atoms with Crippen LogP contribution in [0.5, 0.6) is 0 Å². The van der Waals surface area contributed by atoms with E-state index in [9.17, 15) is 14.9 Å². The summed E-state index contributed by atoms with van der Waals surface area (Å²) in [5.74, 6) is -0.347. The van der Waals surface area contributed by atoms with E-state index < -0.39 is 4.92 Å². The fraction of sp³-hybridized carbons (Fsp3) is 0.333. The highest BCUT2D eigenvalue weighted by atomic mass is 16.6. The number of rotatable bonds is 3. The zero-order valence-corrected chi connectivity index (χ0v) is 10.2. The van der Waals surface area contributed by atoms with Crippen LogP contribution in [0.25, 0.3) is 0 Å². The molecule has 0 radical (unpaired) electrons. The van der Waals surface area contributed by atoms with E-state index in [-0.39, 0.29) is 17.5 Å². The molecule has 6 nitrogen and oxygen atoms in total. The molecule has 0 saturated carbocycles. The molecule has 18 heavy (non-hydrogen) atoms. The van der Waals surface area contributed by atoms with E-state index in [0.29, 0.717) is 12.1 Å². The summed E-state index contributed by atoms with van der Waals surface area (Å²) in [6, 6.07) is 5.93. The maximum Gasteiger partial charge on any atom is 0.271 e. The highest BCUT2D eigenvalue weighted by Gasteiger charge is 2.33. The topological polar surface area (TPSA) is 75.8 Å². The zero-order valence-electron chi connectivity index (χ0n) is 10.2. The van der Waals surface area contributed by atoms with Gasteiger partial charge in [0.05, 0.1) is 16.5 Å². The Hall–Kier alpha value is -2.24. The van der Waals surface area contributed by atoms with E-state index in [1.54, 1.807) is 19.1 Å². The summed E-state index contributed by atoms with van der Waals surface area (Å²) < 4.78 is 0. The molecule has 0 spiro atoms. The van der Waals surface area contributed by atoms with Crippen LogP contribution in [0.2, 0.25) is 0 Å². The van der Waals surface area contributed by atoms with Crippen LogP contribution in [0.4, 0.5) is 11.4 Å². The lowest BCUT2D eigenvalue weighted by atomic mass is 10.0. The molecule has 1 heterocycles. The van der Waals surface area contributed by atoms with Crippen molar-refractivity contribution in [3.05, 3.63) is 34.4 Å². The number of nitro benzene ring substituents is 1. The molecule has 94 valence electrons. The van der Waals surface area contributed by atoms with E-state index in [2.05, 4.69) is 5.10 Å². The minimum absolute atomic E-state index is 0.0481. The lowest BCUT2D eigenvalue weighted by Crippen LogP contribution is -2.26. The minimum atomic E-state index is -0.488. The summed E-state index contributed by atoms with van der Waals surface area (Å²) in [4.78, 5) is 22.3. The number of hydrogen-bond donors (Lipinski definition) is 0. The first-order valence-corrected chi connectivity index (χ1v) is 5.68. The number of carbonyl (C=O) groups excluding carboxylic acids is 1. The molecule has 0 fully saturated rings. The number of hydrazone groups is 1. The predicted octanol–water partition coefficient (Wildman–Crippen LogP) is 2.34. The number of hydrogen-bond acceptors (Lipinski definition) is 4. The zero-order chi connectivity index (χ0) is 13.3. The standard InChI is InChI=1S/C12H13N3O3/c1-3-11-8(2)13-14(12(11)16)9-5-4-6-10(7-9)15(17)18/h4-7,11H,3H2,1-2H3. The van der Waals surface area contributed by atoms with Crippen molar-refractivity contribution < 1.29 is 9.72 Å². The van der Waals surface area contributed by atoms with Crippen LogP contribution in [0, 0.1) is 16.0 Å². The van der Waals surface area contributed by atoms with Gasteiger partial charge in [-0.1, -0.05) is 13.0 Å². The van der Waals surface area contributed by atoms with Gasteiger partial charge in [-0.25, -0.2) is 0 Å². The first-order chi connectivity index (χ1) is 8.54. The van der Waals surface area contributed by atoms with Crippen molar-refractivity contribution in [3.63, 3.8) is 0 Å². The highest BCUT2D eigenvalue weighted by Crippen LogP contribution is 2.27. The lowest BCUT2D eigenvalue weighted by molar-refractivity contribution is -0.384. The molecule has 1 aromatic rings. The molecular weight excluding hydrogens is 234 g/mol. The van der Waals surface area contributed by atoms with Gasteiger partial charge < -0.3 is 0 Å². The number of carbonyl (C=O) groups is 1. The average Bonchev–Trinajstić information content (AvgIpc) is 2.64. The van der Waals surface area contributed by atoms with Crippen molar-refractivity contribution in [3.8, 4) is 0 Å². The maximum absolute atomic E-state index is 12.1. The monoisotopic (exact) mass is 247 g/mol. The molecule has 1 amide bonds. The lowest BCUT2D eigenvalue weighted by Gasteiger charge is -2.13. The normalized spacial score (nSPS) is 19.0. The average molecular weight is 247 g/mol. The Kier molecular flexibility index (Phi) is 3.10. The van der Waals surface area contributed by atoms with Gasteiger partial charge in [0.15, 0.2) is 0 Å². The third kappa shape index (κ3) is 1.97. The Morgan fingerprint density at radius 2 is 2.22 bits per heavy atom. The van der Waals surface area contributed by atoms with Crippen molar-refractivity contribution in [2.24, 2.45) is 11.0 Å². The van der Waals surface area contributed by atoms with Crippen molar-refractivity contribution in [2.45, 2.75) is 20.3 Å². The molecule has 1 aliphatic heterocycles. The van der Waals surface area contributed by atoms with Crippen LogP contribution in [0.3, 0.4) is 0 Å². The number of benzene rings is 1. The smallest absolute Gasteiger partial charge is 0.271 e. The van der Waals surface area contributed by atoms with E-state index in [4.69, 9.17) is 0 Å². The van der Waals surface area contributed by atoms with Crippen LogP contribution >= 0.6 is 0 Å². The van der Waals surface area contributed by atoms with Crippen LogP contribution in [0.15, 0.2) is 29.4 Å². The third-order valence-electron chi connectivity index (χ3n) is 2.96. The summed E-state index contributed by atoms with van der Waals surface area (Å²) in [6.07, 6.45) is 0.680. The second kappa shape index (κ2) is 4.56. The van der Waals surface area contributed by atoms with Gasteiger partial charge in [-0.15, -0.1) is 0 Å². The second-order valence-electron chi connectivity index (χ2n) is 4.13. The molecule has 1 unspecified atom stereocenters. The van der Waals surface area contributed by atoms with Gasteiger partial charge >= 0.3 is 0 Å². The van der Waals surface area contributed by atoms with E-state index >= 15 is 0 Å². The molecule has 0 aliphatic carbocycles. The number of non-ortho nitro benzene ring substituents is 1. The van der Waals surface area contributed by atoms with Gasteiger partial charge in [0.25, 0.3) is 11.6 Å². The molecule has 1 atom stereocenters. The molecule has 1 aromatic carbocycles. The van der Waals surface area contributed by atoms with Gasteiger partial charge in [0.2, 0.25) is 0 Å². The van der Waals surface area contributed by atoms with E-state index in [1.165, 1.54) is 17.1 Å². The predicted molar refractivity (Wildman–Crippen MR) is 67.5 cm³/mol. The van der Waals surface area contributed by atoms with Crippen LogP contribution < -0.4 is 5.01 Å². The fourth-order valence-electron chi connectivity index (χ4n) is 2.00. The second-order valence-corrected chi connectivity index (χ2v) is 4.13. The van der Waals surface area contributed by atoms with Gasteiger partial charge in [-0.2, -0.15) is 10.1 Å². The molecule has 2 rings (SSSR count). The maximum atomic E-state index is 12.1. The number of amides is 1. The fourth-order valence-corrected chi connectivity index (χ4v) is 2.00. The number of anilines is 1. The van der Waals surface area contributed by atoms with Crippen LogP contribution in [0.1, 0.15) is 20.3 Å². The number of nitrogens with zero attached hydrogens (tertiary/aromatic N) is 3. The van der Waals surface area contributed by atoms with Gasteiger partial charge in [-0.05, 0) is 19.4 Å². The summed E-state index contributed by atoms with van der Waals surface area (Å²) in [5, 5.41) is 16.1. The Balaban J connectivity index is 2.36. The molecule has 0 bridgehead atoms. The summed E-state index contributed by atoms with van der Waals surface area (Å²) in [5.41, 5.74) is 1.13. The minimum Gasteiger partial charge on any atom is -0.272 e. The summed E-state index contributed by atoms with van der Waals surface area (Å²) in [7, 11) is 0. The van der Waals surface area contributed by atoms with E-state index in [1.807, 2.05) is 6.92 Å². The molecular formula is C12H13N3O3. The van der Waals surface area contributed by atoms with Gasteiger partial charge in [-0.3, -0.25) is 14.9 Å². The Morgan fingerprint density at radius 3 is 2.78 bits per heavy atom. The Bertz CT molecular complexity index is 539. The summed E-state index contributed by atoms with van der Waals surface area (Å²) >= 11 is 0. The van der Waals surface area contributed by atoms with Gasteiger partial charge in [0, 0.05) is 17.8 Å². The molecule has 0 N–H and O–H groups in total. The van der Waals surface area contributed by atoms with Crippen LogP contribution in [-0.4, -0.2) is 16.5 Å². The first kappa shape index (κ1) is 12.2. The number of nitro groups is 1. The summed E-state index contributed by atoms with van der Waals surface area (Å²) in [6.45, 7) is 3.71. The Morgan fingerprint density at radius 1 is 1.50 bits per heavy atom. The third-order valence-corrected chi connectivity index (χ3v) is 2.96. The van der Waals surface area contributed by atoms with Gasteiger partial charge in [0.1, 0.15) is 0 Å². The van der Waals surface area contributed by atoms with E-state index in [0.717, 1.165) is 5.71 Å². The molecule has 6 heteroatoms. The first-order valence-electron chi connectivity index (χ1n) is 5.68. The van der Waals surface area contributed by atoms with Crippen LogP contribution in [-0.2, 0) is 4.79 Å². The molecule has 1 aliphatic rings. The van der Waals surface area contributed by atoms with Crippen molar-refractivity contribution in [1.29, 1.82) is 0 Å². The Labute approximate surface area is 104 Å². The van der Waals surface area contributed by atoms with Crippen molar-refractivity contribution >= 4 is 23.0 Å². The highest BCUT2D eigenvalue weighted by molar-refractivity contribution is 6.14. The SMILES string of the molecule is CCC1C(=O)N(c2cccc([N+](=O)[O-])c2)N=C1C.